The summed E-state index contributed by atoms with van der Waals surface area (Å²) in [5.41, 5.74) is 0. The summed E-state index contributed by atoms with van der Waals surface area (Å²) in [6.45, 7) is 7.75. The fourth-order valence-electron chi connectivity index (χ4n) is 1.38. The molecule has 1 rings (SSSR count). The summed E-state index contributed by atoms with van der Waals surface area (Å²) in [4.78, 5) is 0. The van der Waals surface area contributed by atoms with E-state index in [4.69, 9.17) is 0 Å². The van der Waals surface area contributed by atoms with Crippen LogP contribution in [0.5, 0.6) is 0 Å². The average Bonchev–Trinajstić information content (AvgIpc) is 2.57. The normalized spacial score (nSPS) is 11.2. The summed E-state index contributed by atoms with van der Waals surface area (Å²) >= 11 is 2.29. The van der Waals surface area contributed by atoms with Crippen molar-refractivity contribution in [2.45, 2.75) is 33.2 Å². The lowest BCUT2D eigenvalue weighted by atomic mass is 10.2. The quantitative estimate of drug-likeness (QED) is 0.618. The molecule has 0 atom stereocenters. The minimum absolute atomic E-state index is 0.748. The van der Waals surface area contributed by atoms with Gasteiger partial charge in [0.05, 0.1) is 9.77 Å². The van der Waals surface area contributed by atoms with E-state index in [1.807, 2.05) is 10.9 Å². The van der Waals surface area contributed by atoms with Crippen LogP contribution in [-0.2, 0) is 6.54 Å². The van der Waals surface area contributed by atoms with Gasteiger partial charge in [-0.05, 0) is 54.4 Å². The summed E-state index contributed by atoms with van der Waals surface area (Å²) in [7, 11) is 0. The molecule has 0 saturated heterocycles. The van der Waals surface area contributed by atoms with E-state index in [0.717, 1.165) is 25.6 Å². The molecule has 1 heterocycles. The topological polar surface area (TPSA) is 29.9 Å². The monoisotopic (exact) mass is 321 g/mol. The third-order valence-electron chi connectivity index (χ3n) is 2.15. The molecule has 1 N–H and O–H groups in total. The lowest BCUT2D eigenvalue weighted by molar-refractivity contribution is 0.506. The van der Waals surface area contributed by atoms with Crippen LogP contribution in [0.15, 0.2) is 12.4 Å². The van der Waals surface area contributed by atoms with Crippen LogP contribution in [0.2, 0.25) is 0 Å². The first-order chi connectivity index (χ1) is 7.18. The Morgan fingerprint density at radius 1 is 1.47 bits per heavy atom. The molecule has 15 heavy (non-hydrogen) atoms. The molecule has 0 saturated carbocycles. The van der Waals surface area contributed by atoms with Gasteiger partial charge in [0, 0.05) is 12.7 Å². The van der Waals surface area contributed by atoms with E-state index in [9.17, 15) is 0 Å². The summed E-state index contributed by atoms with van der Waals surface area (Å²) < 4.78 is 3.23. The maximum atomic E-state index is 4.25. The molecular weight excluding hydrogens is 301 g/mol. The predicted octanol–water partition coefficient (Wildman–Crippen LogP) is 2.51. The minimum atomic E-state index is 0.748. The van der Waals surface area contributed by atoms with Gasteiger partial charge in [0.25, 0.3) is 0 Å². The summed E-state index contributed by atoms with van der Waals surface area (Å²) in [6.07, 6.45) is 6.41. The predicted molar refractivity (Wildman–Crippen MR) is 71.9 cm³/mol. The number of nitrogens with zero attached hydrogens (tertiary/aromatic N) is 2. The van der Waals surface area contributed by atoms with Gasteiger partial charge in [0.2, 0.25) is 0 Å². The van der Waals surface area contributed by atoms with Crippen LogP contribution in [0.25, 0.3) is 0 Å². The van der Waals surface area contributed by atoms with Crippen LogP contribution in [0.3, 0.4) is 0 Å². The minimum Gasteiger partial charge on any atom is -0.316 e. The molecule has 0 unspecified atom stereocenters. The number of aromatic nitrogens is 2. The van der Waals surface area contributed by atoms with Gasteiger partial charge in [-0.1, -0.05) is 13.8 Å². The molecular formula is C11H20IN3. The second kappa shape index (κ2) is 7.22. The fourth-order valence-corrected chi connectivity index (χ4v) is 1.82. The first kappa shape index (κ1) is 13.0. The molecule has 1 aromatic heterocycles. The van der Waals surface area contributed by atoms with E-state index in [2.05, 4.69) is 53.1 Å². The average molecular weight is 321 g/mol. The molecule has 0 radical (unpaired) electrons. The number of unbranched alkanes of at least 4 members (excludes halogenated alkanes) is 1. The fraction of sp³-hybridized carbons (Fsp3) is 0.727. The standard InChI is InChI=1S/C11H20IN3/c1-10(2)7-13-5-3-4-6-15-9-11(12)8-14-15/h8-10,13H,3-7H2,1-2H3. The zero-order chi connectivity index (χ0) is 11.1. The van der Waals surface area contributed by atoms with Crippen molar-refractivity contribution in [3.8, 4) is 0 Å². The number of aryl methyl sites for hydroxylation is 1. The Balaban J connectivity index is 1.98. The van der Waals surface area contributed by atoms with Crippen molar-refractivity contribution in [1.29, 1.82) is 0 Å². The van der Waals surface area contributed by atoms with Crippen molar-refractivity contribution in [3.63, 3.8) is 0 Å². The molecule has 0 aliphatic rings. The molecule has 0 fully saturated rings. The molecule has 86 valence electrons. The molecule has 0 spiro atoms. The van der Waals surface area contributed by atoms with Crippen molar-refractivity contribution in [2.24, 2.45) is 5.92 Å². The molecule has 1 aromatic rings. The van der Waals surface area contributed by atoms with Gasteiger partial charge < -0.3 is 5.32 Å². The van der Waals surface area contributed by atoms with E-state index < -0.39 is 0 Å². The van der Waals surface area contributed by atoms with E-state index in [-0.39, 0.29) is 0 Å². The maximum absolute atomic E-state index is 4.25. The Morgan fingerprint density at radius 3 is 2.87 bits per heavy atom. The van der Waals surface area contributed by atoms with Crippen LogP contribution < -0.4 is 5.32 Å². The van der Waals surface area contributed by atoms with E-state index in [1.165, 1.54) is 16.4 Å². The molecule has 0 aromatic carbocycles. The number of rotatable bonds is 7. The van der Waals surface area contributed by atoms with Crippen molar-refractivity contribution in [2.75, 3.05) is 13.1 Å². The van der Waals surface area contributed by atoms with Gasteiger partial charge in [-0.2, -0.15) is 5.10 Å². The first-order valence-corrected chi connectivity index (χ1v) is 6.65. The van der Waals surface area contributed by atoms with Gasteiger partial charge in [-0.15, -0.1) is 0 Å². The maximum Gasteiger partial charge on any atom is 0.0623 e. The molecule has 0 bridgehead atoms. The highest BCUT2D eigenvalue weighted by Gasteiger charge is 1.95. The smallest absolute Gasteiger partial charge is 0.0623 e. The largest absolute Gasteiger partial charge is 0.316 e. The number of halogens is 1. The molecule has 0 aliphatic carbocycles. The van der Waals surface area contributed by atoms with Gasteiger partial charge in [-0.25, -0.2) is 0 Å². The summed E-state index contributed by atoms with van der Waals surface area (Å²) in [5, 5.41) is 7.70. The van der Waals surface area contributed by atoms with Crippen LogP contribution in [-0.4, -0.2) is 22.9 Å². The zero-order valence-electron chi connectivity index (χ0n) is 9.54. The Morgan fingerprint density at radius 2 is 2.27 bits per heavy atom. The van der Waals surface area contributed by atoms with Gasteiger partial charge in [0.1, 0.15) is 0 Å². The Bertz CT molecular complexity index is 271. The highest BCUT2D eigenvalue weighted by Crippen LogP contribution is 2.02. The molecule has 0 amide bonds. The summed E-state index contributed by atoms with van der Waals surface area (Å²) in [5.74, 6) is 0.748. The van der Waals surface area contributed by atoms with Crippen LogP contribution in [0.4, 0.5) is 0 Å². The number of hydrogen-bond acceptors (Lipinski definition) is 2. The lowest BCUT2D eigenvalue weighted by Crippen LogP contribution is -2.20. The van der Waals surface area contributed by atoms with E-state index >= 15 is 0 Å². The first-order valence-electron chi connectivity index (χ1n) is 5.57. The highest BCUT2D eigenvalue weighted by molar-refractivity contribution is 14.1. The van der Waals surface area contributed by atoms with Gasteiger partial charge >= 0.3 is 0 Å². The van der Waals surface area contributed by atoms with Gasteiger partial charge in [-0.3, -0.25) is 4.68 Å². The highest BCUT2D eigenvalue weighted by atomic mass is 127. The zero-order valence-corrected chi connectivity index (χ0v) is 11.7. The van der Waals surface area contributed by atoms with Crippen LogP contribution in [0, 0.1) is 9.49 Å². The molecule has 4 heteroatoms. The number of hydrogen-bond donors (Lipinski definition) is 1. The SMILES string of the molecule is CC(C)CNCCCCn1cc(I)cn1. The Labute approximate surface area is 106 Å². The van der Waals surface area contributed by atoms with Crippen LogP contribution in [0.1, 0.15) is 26.7 Å². The Kier molecular flexibility index (Phi) is 6.24. The van der Waals surface area contributed by atoms with Crippen molar-refractivity contribution in [3.05, 3.63) is 16.0 Å². The molecule has 0 aliphatic heterocycles. The molecule has 3 nitrogen and oxygen atoms in total. The third kappa shape index (κ3) is 6.14. The second-order valence-electron chi connectivity index (χ2n) is 4.23. The number of nitrogens with one attached hydrogen (secondary N) is 1. The van der Waals surface area contributed by atoms with E-state index in [1.54, 1.807) is 0 Å². The second-order valence-corrected chi connectivity index (χ2v) is 5.47. The van der Waals surface area contributed by atoms with Crippen LogP contribution >= 0.6 is 22.6 Å². The third-order valence-corrected chi connectivity index (χ3v) is 2.70. The Hall–Kier alpha value is -0.100. The van der Waals surface area contributed by atoms with E-state index in [0.29, 0.717) is 0 Å². The van der Waals surface area contributed by atoms with Crippen molar-refractivity contribution in [1.82, 2.24) is 15.1 Å². The van der Waals surface area contributed by atoms with Gasteiger partial charge in [0.15, 0.2) is 0 Å². The van der Waals surface area contributed by atoms with Crippen molar-refractivity contribution < 1.29 is 0 Å². The summed E-state index contributed by atoms with van der Waals surface area (Å²) in [6, 6.07) is 0. The lowest BCUT2D eigenvalue weighted by Gasteiger charge is -2.06. The van der Waals surface area contributed by atoms with Crippen molar-refractivity contribution >= 4 is 22.6 Å².